The molecule has 8 heteroatoms. The van der Waals surface area contributed by atoms with Crippen LogP contribution in [0.25, 0.3) is 0 Å². The van der Waals surface area contributed by atoms with Crippen LogP contribution in [0.5, 0.6) is 0 Å². The second kappa shape index (κ2) is 12.2. The molecular formula is C30H30N2O6. The van der Waals surface area contributed by atoms with Gasteiger partial charge in [0, 0.05) is 12.8 Å². The van der Waals surface area contributed by atoms with Crippen LogP contribution in [0.1, 0.15) is 30.0 Å². The fourth-order valence-corrected chi connectivity index (χ4v) is 4.61. The van der Waals surface area contributed by atoms with E-state index in [-0.39, 0.29) is 32.5 Å². The number of ether oxygens (including phenoxy) is 2. The van der Waals surface area contributed by atoms with Crippen LogP contribution in [0.15, 0.2) is 91.0 Å². The lowest BCUT2D eigenvalue weighted by Gasteiger charge is -2.30. The number of rotatable bonds is 10. The number of nitrogens with one attached hydrogen (secondary N) is 1. The van der Waals surface area contributed by atoms with E-state index in [1.54, 1.807) is 6.92 Å². The number of imide groups is 1. The number of esters is 1. The van der Waals surface area contributed by atoms with Crippen molar-refractivity contribution in [1.29, 1.82) is 0 Å². The third-order valence-corrected chi connectivity index (χ3v) is 6.39. The summed E-state index contributed by atoms with van der Waals surface area (Å²) >= 11 is 0. The summed E-state index contributed by atoms with van der Waals surface area (Å²) in [6, 6.07) is 26.1. The zero-order valence-corrected chi connectivity index (χ0v) is 21.2. The molecule has 3 aromatic carbocycles. The van der Waals surface area contributed by atoms with Gasteiger partial charge in [0.25, 0.3) is 5.91 Å². The number of hydrogen-bond acceptors (Lipinski definition) is 6. The largest absolute Gasteiger partial charge is 0.464 e. The summed E-state index contributed by atoms with van der Waals surface area (Å²) in [5.74, 6) is -1.92. The number of alkyl carbamates (subject to hydrolysis) is 1. The number of benzene rings is 3. The van der Waals surface area contributed by atoms with Gasteiger partial charge in [-0.15, -0.1) is 0 Å². The van der Waals surface area contributed by atoms with Gasteiger partial charge in [-0.2, -0.15) is 0 Å². The van der Waals surface area contributed by atoms with Gasteiger partial charge in [-0.1, -0.05) is 91.0 Å². The third kappa shape index (κ3) is 6.26. The predicted molar refractivity (Wildman–Crippen MR) is 140 cm³/mol. The summed E-state index contributed by atoms with van der Waals surface area (Å²) in [6.45, 7) is 1.76. The molecule has 0 spiro atoms. The molecule has 3 aromatic rings. The Morgan fingerprint density at radius 1 is 0.842 bits per heavy atom. The van der Waals surface area contributed by atoms with Crippen molar-refractivity contribution in [2.75, 3.05) is 6.61 Å². The monoisotopic (exact) mass is 514 g/mol. The van der Waals surface area contributed by atoms with Crippen LogP contribution in [-0.4, -0.2) is 47.0 Å². The Kier molecular flexibility index (Phi) is 8.53. The zero-order valence-electron chi connectivity index (χ0n) is 21.2. The first-order valence-corrected chi connectivity index (χ1v) is 12.5. The highest BCUT2D eigenvalue weighted by Crippen LogP contribution is 2.31. The van der Waals surface area contributed by atoms with E-state index in [0.29, 0.717) is 0 Å². The maximum absolute atomic E-state index is 14.0. The molecule has 0 aromatic heterocycles. The van der Waals surface area contributed by atoms with Gasteiger partial charge in [0.15, 0.2) is 0 Å². The topological polar surface area (TPSA) is 102 Å². The molecule has 1 aliphatic heterocycles. The molecule has 196 valence electrons. The van der Waals surface area contributed by atoms with Crippen LogP contribution in [-0.2, 0) is 43.3 Å². The van der Waals surface area contributed by atoms with Crippen molar-refractivity contribution in [2.45, 2.75) is 44.4 Å². The number of hydrogen-bond donors (Lipinski definition) is 1. The minimum absolute atomic E-state index is 0.000596. The first kappa shape index (κ1) is 26.6. The van der Waals surface area contributed by atoms with Crippen LogP contribution in [0, 0.1) is 0 Å². The molecule has 0 saturated carbocycles. The predicted octanol–water partition coefficient (Wildman–Crippen LogP) is 3.83. The molecule has 1 heterocycles. The molecule has 1 aliphatic rings. The van der Waals surface area contributed by atoms with Crippen molar-refractivity contribution in [1.82, 2.24) is 10.2 Å². The number of carbonyl (C=O) groups excluding carboxylic acids is 4. The highest BCUT2D eigenvalue weighted by molar-refractivity contribution is 6.12. The van der Waals surface area contributed by atoms with Crippen LogP contribution in [0.2, 0.25) is 0 Å². The molecule has 1 fully saturated rings. The van der Waals surface area contributed by atoms with Crippen molar-refractivity contribution < 1.29 is 28.7 Å². The lowest BCUT2D eigenvalue weighted by molar-refractivity contribution is -0.158. The van der Waals surface area contributed by atoms with Gasteiger partial charge < -0.3 is 14.8 Å². The average Bonchev–Trinajstić information content (AvgIpc) is 3.16. The molecule has 2 atom stereocenters. The van der Waals surface area contributed by atoms with Gasteiger partial charge in [-0.3, -0.25) is 14.5 Å². The SMILES string of the molecule is CCOC(=O)[C@H](Cc1ccccc1)N1C(=O)C[C@@](Cc2ccccc2)(NC(=O)OCc2ccccc2)C1=O. The van der Waals surface area contributed by atoms with E-state index in [1.807, 2.05) is 91.0 Å². The van der Waals surface area contributed by atoms with Gasteiger partial charge in [-0.05, 0) is 23.6 Å². The van der Waals surface area contributed by atoms with E-state index >= 15 is 0 Å². The van der Waals surface area contributed by atoms with Crippen LogP contribution in [0.4, 0.5) is 4.79 Å². The zero-order chi connectivity index (χ0) is 27.0. The fourth-order valence-electron chi connectivity index (χ4n) is 4.61. The Bertz CT molecular complexity index is 1270. The molecule has 1 N–H and O–H groups in total. The Morgan fingerprint density at radius 2 is 1.39 bits per heavy atom. The normalized spacial score (nSPS) is 17.7. The average molecular weight is 515 g/mol. The molecule has 0 aliphatic carbocycles. The Hall–Kier alpha value is -4.46. The molecule has 1 saturated heterocycles. The van der Waals surface area contributed by atoms with Gasteiger partial charge in [0.2, 0.25) is 5.91 Å². The summed E-state index contributed by atoms with van der Waals surface area (Å²) in [6.07, 6.45) is -0.998. The smallest absolute Gasteiger partial charge is 0.408 e. The number of nitrogens with zero attached hydrogens (tertiary/aromatic N) is 1. The quantitative estimate of drug-likeness (QED) is 0.326. The number of likely N-dealkylation sites (tertiary alicyclic amines) is 1. The minimum atomic E-state index is -1.62. The summed E-state index contributed by atoms with van der Waals surface area (Å²) in [7, 11) is 0. The van der Waals surface area contributed by atoms with Crippen molar-refractivity contribution in [3.63, 3.8) is 0 Å². The van der Waals surface area contributed by atoms with Crippen molar-refractivity contribution in [3.8, 4) is 0 Å². The minimum Gasteiger partial charge on any atom is -0.464 e. The second-order valence-electron chi connectivity index (χ2n) is 9.13. The van der Waals surface area contributed by atoms with Crippen molar-refractivity contribution >= 4 is 23.9 Å². The van der Waals surface area contributed by atoms with E-state index < -0.39 is 35.5 Å². The van der Waals surface area contributed by atoms with E-state index in [1.165, 1.54) is 0 Å². The van der Waals surface area contributed by atoms with Crippen LogP contribution < -0.4 is 5.32 Å². The molecular weight excluding hydrogens is 484 g/mol. The molecule has 4 rings (SSSR count). The van der Waals surface area contributed by atoms with E-state index in [0.717, 1.165) is 21.6 Å². The van der Waals surface area contributed by atoms with Gasteiger partial charge in [0.1, 0.15) is 18.2 Å². The van der Waals surface area contributed by atoms with Crippen LogP contribution in [0.3, 0.4) is 0 Å². The van der Waals surface area contributed by atoms with Crippen molar-refractivity contribution in [3.05, 3.63) is 108 Å². The highest BCUT2D eigenvalue weighted by atomic mass is 16.5. The summed E-state index contributed by atoms with van der Waals surface area (Å²) < 4.78 is 10.6. The second-order valence-corrected chi connectivity index (χ2v) is 9.13. The Balaban J connectivity index is 1.62. The van der Waals surface area contributed by atoms with Gasteiger partial charge in [-0.25, -0.2) is 9.59 Å². The Morgan fingerprint density at radius 3 is 1.97 bits per heavy atom. The molecule has 38 heavy (non-hydrogen) atoms. The Labute approximate surface area is 221 Å². The standard InChI is InChI=1S/C30H30N2O6/c1-2-37-27(34)25(18-22-12-6-3-7-13-22)32-26(33)20-30(28(32)35,19-23-14-8-4-9-15-23)31-29(36)38-21-24-16-10-5-11-17-24/h3-17,25H,2,18-21H2,1H3,(H,31,36)/t25-,30+/m0/s1. The van der Waals surface area contributed by atoms with Gasteiger partial charge in [0.05, 0.1) is 13.0 Å². The maximum Gasteiger partial charge on any atom is 0.408 e. The lowest BCUT2D eigenvalue weighted by atomic mass is 9.89. The van der Waals surface area contributed by atoms with Gasteiger partial charge >= 0.3 is 12.1 Å². The molecule has 0 unspecified atom stereocenters. The number of amides is 3. The highest BCUT2D eigenvalue weighted by Gasteiger charge is 2.56. The van der Waals surface area contributed by atoms with E-state index in [2.05, 4.69) is 5.32 Å². The number of carbonyl (C=O) groups is 4. The van der Waals surface area contributed by atoms with Crippen molar-refractivity contribution in [2.24, 2.45) is 0 Å². The summed E-state index contributed by atoms with van der Waals surface area (Å²) in [5, 5.41) is 2.69. The molecule has 8 nitrogen and oxygen atoms in total. The first-order valence-electron chi connectivity index (χ1n) is 12.5. The molecule has 3 amide bonds. The first-order chi connectivity index (χ1) is 18.4. The molecule has 0 bridgehead atoms. The fraction of sp³-hybridized carbons (Fsp3) is 0.267. The van der Waals surface area contributed by atoms with Crippen LogP contribution >= 0.6 is 0 Å². The molecule has 0 radical (unpaired) electrons. The summed E-state index contributed by atoms with van der Waals surface area (Å²) in [5.41, 5.74) is 0.671. The lowest BCUT2D eigenvalue weighted by Crippen LogP contribution is -2.58. The van der Waals surface area contributed by atoms with E-state index in [4.69, 9.17) is 9.47 Å². The maximum atomic E-state index is 14.0. The summed E-state index contributed by atoms with van der Waals surface area (Å²) in [4.78, 5) is 54.3. The third-order valence-electron chi connectivity index (χ3n) is 6.39. The van der Waals surface area contributed by atoms with E-state index in [9.17, 15) is 19.2 Å².